The van der Waals surface area contributed by atoms with Crippen LogP contribution >= 0.6 is 0 Å². The minimum absolute atomic E-state index is 0.0326. The van der Waals surface area contributed by atoms with Gasteiger partial charge in [0.05, 0.1) is 26.3 Å². The number of carbonyl (C=O) groups excluding carboxylic acids is 1. The molecule has 4 fully saturated rings. The summed E-state index contributed by atoms with van der Waals surface area (Å²) in [4.78, 5) is 17.1. The van der Waals surface area contributed by atoms with Gasteiger partial charge in [0.1, 0.15) is 0 Å². The molecule has 0 N–H and O–H groups in total. The normalized spacial score (nSPS) is 34.1. The predicted molar refractivity (Wildman–Crippen MR) is 96.6 cm³/mol. The third-order valence-corrected chi connectivity index (χ3v) is 6.78. The molecule has 4 aliphatic rings. The molecule has 1 unspecified atom stereocenters. The van der Waals surface area contributed by atoms with E-state index in [2.05, 4.69) is 4.90 Å². The summed E-state index contributed by atoms with van der Waals surface area (Å²) < 4.78 is 39.3. The van der Waals surface area contributed by atoms with Crippen LogP contribution in [0.2, 0.25) is 0 Å². The number of nitrogens with zero attached hydrogens (tertiary/aromatic N) is 2. The molecule has 0 aromatic heterocycles. The summed E-state index contributed by atoms with van der Waals surface area (Å²) in [6.07, 6.45) is 6.12. The maximum absolute atomic E-state index is 13.5. The van der Waals surface area contributed by atoms with Gasteiger partial charge in [-0.1, -0.05) is 12.8 Å². The van der Waals surface area contributed by atoms with E-state index in [9.17, 15) is 13.6 Å². The van der Waals surface area contributed by atoms with Crippen molar-refractivity contribution in [1.29, 1.82) is 0 Å². The van der Waals surface area contributed by atoms with Crippen LogP contribution in [0, 0.1) is 5.92 Å². The van der Waals surface area contributed by atoms with Crippen molar-refractivity contribution < 1.29 is 23.0 Å². The van der Waals surface area contributed by atoms with Gasteiger partial charge in [0.2, 0.25) is 11.8 Å². The van der Waals surface area contributed by atoms with E-state index in [0.717, 1.165) is 38.6 Å². The molecule has 5 nitrogen and oxygen atoms in total. The number of hydrogen-bond acceptors (Lipinski definition) is 4. The van der Waals surface area contributed by atoms with Crippen molar-refractivity contribution in [3.63, 3.8) is 0 Å². The second-order valence-corrected chi connectivity index (χ2v) is 8.76. The van der Waals surface area contributed by atoms with Crippen LogP contribution in [0.25, 0.3) is 0 Å². The Morgan fingerprint density at radius 2 is 1.59 bits per heavy atom. The lowest BCUT2D eigenvalue weighted by atomic mass is 9.90. The maximum Gasteiger partial charge on any atom is 0.248 e. The Balaban J connectivity index is 1.42. The summed E-state index contributed by atoms with van der Waals surface area (Å²) in [5, 5.41) is 0. The Morgan fingerprint density at radius 3 is 2.33 bits per heavy atom. The first kappa shape index (κ1) is 19.5. The smallest absolute Gasteiger partial charge is 0.248 e. The van der Waals surface area contributed by atoms with Crippen LogP contribution in [0.1, 0.15) is 57.8 Å². The lowest BCUT2D eigenvalue weighted by Gasteiger charge is -2.45. The quantitative estimate of drug-likeness (QED) is 0.732. The number of hydrogen-bond donors (Lipinski definition) is 0. The number of morpholine rings is 1. The standard InChI is InChI=1S/C20H32F2N2O3/c21-19(22)8-6-17(7-9-19)23-10-3-12-26-20(14-23)15-24(11-13-27-20)18(25)16-4-1-2-5-16/h16-17H,1-15H2. The Bertz CT molecular complexity index is 531. The third kappa shape index (κ3) is 4.46. The molecule has 2 aliphatic carbocycles. The van der Waals surface area contributed by atoms with Crippen molar-refractivity contribution in [3.05, 3.63) is 0 Å². The van der Waals surface area contributed by atoms with Gasteiger partial charge < -0.3 is 14.4 Å². The van der Waals surface area contributed by atoms with E-state index < -0.39 is 11.7 Å². The molecule has 154 valence electrons. The molecule has 4 rings (SSSR count). The fourth-order valence-corrected chi connectivity index (χ4v) is 5.22. The van der Waals surface area contributed by atoms with Gasteiger partial charge in [0.15, 0.2) is 5.79 Å². The molecule has 0 radical (unpaired) electrons. The minimum Gasteiger partial charge on any atom is -0.347 e. The van der Waals surface area contributed by atoms with Gasteiger partial charge in [-0.3, -0.25) is 9.69 Å². The summed E-state index contributed by atoms with van der Waals surface area (Å²) >= 11 is 0. The van der Waals surface area contributed by atoms with Crippen LogP contribution in [-0.4, -0.2) is 72.9 Å². The molecule has 0 bridgehead atoms. The average Bonchev–Trinajstić information content (AvgIpc) is 3.12. The van der Waals surface area contributed by atoms with Crippen molar-refractivity contribution in [2.45, 2.75) is 75.5 Å². The van der Waals surface area contributed by atoms with E-state index >= 15 is 0 Å². The summed E-state index contributed by atoms with van der Waals surface area (Å²) in [5.74, 6) is -2.92. The number of halogens is 2. The number of carbonyl (C=O) groups is 1. The summed E-state index contributed by atoms with van der Waals surface area (Å²) in [6.45, 7) is 3.56. The molecular weight excluding hydrogens is 354 g/mol. The van der Waals surface area contributed by atoms with E-state index in [1.807, 2.05) is 4.90 Å². The highest BCUT2D eigenvalue weighted by Gasteiger charge is 2.45. The minimum atomic E-state index is -2.51. The molecule has 0 aromatic carbocycles. The van der Waals surface area contributed by atoms with Gasteiger partial charge in [0.25, 0.3) is 0 Å². The molecule has 1 spiro atoms. The van der Waals surface area contributed by atoms with Crippen LogP contribution in [0.15, 0.2) is 0 Å². The molecule has 7 heteroatoms. The Labute approximate surface area is 160 Å². The van der Waals surface area contributed by atoms with Gasteiger partial charge in [-0.05, 0) is 32.1 Å². The van der Waals surface area contributed by atoms with Crippen LogP contribution in [0.5, 0.6) is 0 Å². The summed E-state index contributed by atoms with van der Waals surface area (Å²) in [7, 11) is 0. The molecule has 27 heavy (non-hydrogen) atoms. The Hall–Kier alpha value is -0.790. The van der Waals surface area contributed by atoms with Gasteiger partial charge in [-0.25, -0.2) is 8.78 Å². The first-order valence-corrected chi connectivity index (χ1v) is 10.7. The van der Waals surface area contributed by atoms with Gasteiger partial charge in [0, 0.05) is 37.9 Å². The Morgan fingerprint density at radius 1 is 0.889 bits per heavy atom. The molecule has 2 aliphatic heterocycles. The van der Waals surface area contributed by atoms with Crippen molar-refractivity contribution in [2.24, 2.45) is 5.92 Å². The van der Waals surface area contributed by atoms with E-state index in [0.29, 0.717) is 45.7 Å². The highest BCUT2D eigenvalue weighted by Crippen LogP contribution is 2.37. The van der Waals surface area contributed by atoms with Crippen LogP contribution < -0.4 is 0 Å². The lowest BCUT2D eigenvalue weighted by Crippen LogP contribution is -2.60. The number of alkyl halides is 2. The van der Waals surface area contributed by atoms with Gasteiger partial charge in [-0.15, -0.1) is 0 Å². The predicted octanol–water partition coefficient (Wildman–Crippen LogP) is 3.03. The van der Waals surface area contributed by atoms with Crippen molar-refractivity contribution >= 4 is 5.91 Å². The van der Waals surface area contributed by atoms with Crippen molar-refractivity contribution in [2.75, 3.05) is 39.4 Å². The second kappa shape index (κ2) is 7.91. The molecule has 2 saturated carbocycles. The zero-order chi connectivity index (χ0) is 18.9. The molecule has 2 saturated heterocycles. The van der Waals surface area contributed by atoms with Gasteiger partial charge >= 0.3 is 0 Å². The average molecular weight is 386 g/mol. The third-order valence-electron chi connectivity index (χ3n) is 6.78. The monoisotopic (exact) mass is 386 g/mol. The van der Waals surface area contributed by atoms with Crippen LogP contribution in [0.4, 0.5) is 8.78 Å². The van der Waals surface area contributed by atoms with E-state index in [1.165, 1.54) is 0 Å². The van der Waals surface area contributed by atoms with E-state index in [4.69, 9.17) is 9.47 Å². The lowest BCUT2D eigenvalue weighted by molar-refractivity contribution is -0.266. The zero-order valence-corrected chi connectivity index (χ0v) is 16.1. The molecule has 2 heterocycles. The van der Waals surface area contributed by atoms with Crippen molar-refractivity contribution in [1.82, 2.24) is 9.80 Å². The highest BCUT2D eigenvalue weighted by atomic mass is 19.3. The molecule has 0 aromatic rings. The zero-order valence-electron chi connectivity index (χ0n) is 16.1. The van der Waals surface area contributed by atoms with Crippen LogP contribution in [-0.2, 0) is 14.3 Å². The first-order chi connectivity index (χ1) is 13.0. The Kier molecular flexibility index (Phi) is 5.72. The van der Waals surface area contributed by atoms with E-state index in [-0.39, 0.29) is 30.7 Å². The fourth-order valence-electron chi connectivity index (χ4n) is 5.22. The molecule has 1 amide bonds. The maximum atomic E-state index is 13.5. The highest BCUT2D eigenvalue weighted by molar-refractivity contribution is 5.79. The SMILES string of the molecule is O=C(C1CCCC1)N1CCOC2(C1)CN(C1CCC(F)(F)CC1)CCCO2. The van der Waals surface area contributed by atoms with Crippen molar-refractivity contribution in [3.8, 4) is 0 Å². The largest absolute Gasteiger partial charge is 0.347 e. The molecule has 1 atom stereocenters. The fraction of sp³-hybridized carbons (Fsp3) is 0.950. The van der Waals surface area contributed by atoms with E-state index in [1.54, 1.807) is 0 Å². The van der Waals surface area contributed by atoms with Gasteiger partial charge in [-0.2, -0.15) is 0 Å². The molecular formula is C20H32F2N2O3. The number of ether oxygens (including phenoxy) is 2. The number of rotatable bonds is 2. The number of amides is 1. The summed E-state index contributed by atoms with van der Waals surface area (Å²) in [6, 6.07) is 0.160. The summed E-state index contributed by atoms with van der Waals surface area (Å²) in [5.41, 5.74) is 0. The topological polar surface area (TPSA) is 42.0 Å². The second-order valence-electron chi connectivity index (χ2n) is 8.76. The first-order valence-electron chi connectivity index (χ1n) is 10.7. The van der Waals surface area contributed by atoms with Crippen LogP contribution in [0.3, 0.4) is 0 Å².